The smallest absolute Gasteiger partial charge is 0.271 e. The average molecular weight is 552 g/mol. The van der Waals surface area contributed by atoms with E-state index in [2.05, 4.69) is 65.8 Å². The number of thioether (sulfide) groups is 1. The van der Waals surface area contributed by atoms with Gasteiger partial charge in [0.15, 0.2) is 0 Å². The summed E-state index contributed by atoms with van der Waals surface area (Å²) in [6.07, 6.45) is 10.7. The number of thiazole rings is 1. The second kappa shape index (κ2) is 10.3. The summed E-state index contributed by atoms with van der Waals surface area (Å²) in [6, 6.07) is 16.6. The van der Waals surface area contributed by atoms with Crippen LogP contribution in [0.15, 0.2) is 93.9 Å². The first-order valence-corrected chi connectivity index (χ1v) is 15.5. The molecule has 1 aliphatic carbocycles. The van der Waals surface area contributed by atoms with Crippen LogP contribution in [0.1, 0.15) is 38.6 Å². The molecule has 37 heavy (non-hydrogen) atoms. The second-order valence-electron chi connectivity index (χ2n) is 9.54. The molecule has 2 aliphatic rings. The summed E-state index contributed by atoms with van der Waals surface area (Å²) in [5.41, 5.74) is 4.15. The molecule has 0 saturated heterocycles. The van der Waals surface area contributed by atoms with Gasteiger partial charge in [0.25, 0.3) is 15.1 Å². The lowest BCUT2D eigenvalue weighted by molar-refractivity contribution is -0.665. The summed E-state index contributed by atoms with van der Waals surface area (Å²) >= 11 is 3.43. The van der Waals surface area contributed by atoms with Gasteiger partial charge in [0.05, 0.1) is 10.7 Å². The summed E-state index contributed by atoms with van der Waals surface area (Å²) in [4.78, 5) is 3.48. The molecule has 1 atom stereocenters. The Morgan fingerprint density at radius 3 is 2.57 bits per heavy atom. The number of fused-ring (bicyclic) bond motifs is 2. The van der Waals surface area contributed by atoms with Crippen LogP contribution in [0, 0.1) is 0 Å². The van der Waals surface area contributed by atoms with Gasteiger partial charge in [-0.15, -0.1) is 0 Å². The average Bonchev–Trinajstić information content (AvgIpc) is 3.42. The predicted octanol–water partition coefficient (Wildman–Crippen LogP) is 6.99. The molecule has 8 heteroatoms. The number of anilines is 1. The fourth-order valence-electron chi connectivity index (χ4n) is 5.03. The van der Waals surface area contributed by atoms with E-state index in [0.717, 1.165) is 34.3 Å². The molecule has 5 rings (SSSR count). The first-order valence-electron chi connectivity index (χ1n) is 12.4. The van der Waals surface area contributed by atoms with E-state index in [1.165, 1.54) is 20.8 Å². The molecule has 192 valence electrons. The van der Waals surface area contributed by atoms with E-state index in [9.17, 15) is 13.0 Å². The normalized spacial score (nSPS) is 22.4. The lowest BCUT2D eigenvalue weighted by Gasteiger charge is -2.31. The summed E-state index contributed by atoms with van der Waals surface area (Å²) in [5, 5.41) is 2.21. The predicted molar refractivity (Wildman–Crippen MR) is 155 cm³/mol. The maximum atomic E-state index is 12.4. The van der Waals surface area contributed by atoms with Crippen molar-refractivity contribution in [3.05, 3.63) is 94.0 Å². The van der Waals surface area contributed by atoms with Gasteiger partial charge < -0.3 is 4.90 Å². The van der Waals surface area contributed by atoms with E-state index in [-0.39, 0.29) is 12.8 Å². The van der Waals surface area contributed by atoms with E-state index in [0.29, 0.717) is 0 Å². The highest BCUT2D eigenvalue weighted by Gasteiger charge is 2.41. The maximum Gasteiger partial charge on any atom is 0.271 e. The van der Waals surface area contributed by atoms with Crippen molar-refractivity contribution < 1.29 is 17.5 Å². The summed E-state index contributed by atoms with van der Waals surface area (Å²) in [6.45, 7) is 7.57. The molecule has 0 fully saturated rings. The van der Waals surface area contributed by atoms with Gasteiger partial charge in [-0.3, -0.25) is 4.55 Å². The number of aryl methyl sites for hydroxylation is 1. The Morgan fingerprint density at radius 2 is 1.81 bits per heavy atom. The highest BCUT2D eigenvalue weighted by molar-refractivity contribution is 8.03. The van der Waals surface area contributed by atoms with Gasteiger partial charge in [0.2, 0.25) is 5.52 Å². The van der Waals surface area contributed by atoms with Crippen LogP contribution >= 0.6 is 23.1 Å². The quantitative estimate of drug-likeness (QED) is 0.264. The second-order valence-corrected chi connectivity index (χ2v) is 13.6. The molecule has 1 aliphatic heterocycles. The molecule has 0 spiro atoms. The minimum atomic E-state index is -4.26. The number of para-hydroxylation sites is 2. The van der Waals surface area contributed by atoms with Gasteiger partial charge >= 0.3 is 0 Å². The third-order valence-corrected chi connectivity index (χ3v) is 10.7. The largest absolute Gasteiger partial charge is 0.335 e. The number of hydrogen-bond donors (Lipinski definition) is 1. The van der Waals surface area contributed by atoms with Gasteiger partial charge in [-0.05, 0) is 69.0 Å². The van der Waals surface area contributed by atoms with Gasteiger partial charge in [0.1, 0.15) is 16.0 Å². The Balaban J connectivity index is 1.50. The zero-order valence-corrected chi connectivity index (χ0v) is 23.7. The van der Waals surface area contributed by atoms with Crippen LogP contribution in [-0.4, -0.2) is 24.3 Å². The lowest BCUT2D eigenvalue weighted by Crippen LogP contribution is -2.37. The number of hydrogen-bond acceptors (Lipinski definition) is 5. The maximum absolute atomic E-state index is 12.4. The van der Waals surface area contributed by atoms with Gasteiger partial charge in [0, 0.05) is 23.6 Å². The Morgan fingerprint density at radius 1 is 1.05 bits per heavy atom. The van der Waals surface area contributed by atoms with E-state index in [1.54, 1.807) is 30.0 Å². The molecule has 1 aromatic heterocycles. The number of aromatic nitrogens is 1. The van der Waals surface area contributed by atoms with Gasteiger partial charge in [-0.2, -0.15) is 13.0 Å². The van der Waals surface area contributed by atoms with Crippen LogP contribution in [0.2, 0.25) is 0 Å². The SMILES string of the molecule is CCN1/C(=C/C=C2C=C(/C=C/c3sc4ccccc4[n+]3CC)CC(C)(S(=O)(=O)O)C/2)Sc2ccccc21. The molecule has 0 radical (unpaired) electrons. The summed E-state index contributed by atoms with van der Waals surface area (Å²) in [5.74, 6) is 0. The van der Waals surface area contributed by atoms with Crippen molar-refractivity contribution in [3.63, 3.8) is 0 Å². The molecule has 2 aromatic carbocycles. The van der Waals surface area contributed by atoms with E-state index >= 15 is 0 Å². The fraction of sp³-hybridized carbons (Fsp3) is 0.276. The van der Waals surface area contributed by atoms with Crippen LogP contribution < -0.4 is 9.47 Å². The molecule has 3 aromatic rings. The van der Waals surface area contributed by atoms with Crippen LogP contribution in [0.25, 0.3) is 16.3 Å². The highest BCUT2D eigenvalue weighted by Crippen LogP contribution is 2.46. The Hall–Kier alpha value is -2.65. The molecule has 5 nitrogen and oxygen atoms in total. The van der Waals surface area contributed by atoms with Crippen LogP contribution in [-0.2, 0) is 16.7 Å². The standard InChI is InChI=1S/C29H30N2O3S3/c1-4-30-23-10-6-8-12-25(23)35-27(30)16-14-21-18-22(20-29(3,19-21)37(32,33)34)15-17-28-31(5-2)24-11-7-9-13-26(24)36-28/h6-18H,4-5,19-20H2,1-3H3/p+1. The van der Waals surface area contributed by atoms with Crippen molar-refractivity contribution in [2.24, 2.45) is 0 Å². The molecular formula is C29H31N2O3S3+. The number of nitrogens with zero attached hydrogens (tertiary/aromatic N) is 2. The third-order valence-electron chi connectivity index (χ3n) is 6.94. The molecule has 2 heterocycles. The molecule has 0 saturated carbocycles. The van der Waals surface area contributed by atoms with Crippen molar-refractivity contribution >= 4 is 55.2 Å². The van der Waals surface area contributed by atoms with Gasteiger partial charge in [-0.1, -0.05) is 65.6 Å². The van der Waals surface area contributed by atoms with Crippen molar-refractivity contribution in [1.82, 2.24) is 0 Å². The molecule has 0 amide bonds. The minimum Gasteiger partial charge on any atom is -0.335 e. The lowest BCUT2D eigenvalue weighted by atomic mass is 9.85. The molecule has 1 N–H and O–H groups in total. The van der Waals surface area contributed by atoms with Crippen molar-refractivity contribution in [1.29, 1.82) is 0 Å². The van der Waals surface area contributed by atoms with Crippen molar-refractivity contribution in [2.75, 3.05) is 11.4 Å². The van der Waals surface area contributed by atoms with Crippen LogP contribution in [0.5, 0.6) is 0 Å². The van der Waals surface area contributed by atoms with E-state index in [1.807, 2.05) is 36.4 Å². The molecule has 0 bridgehead atoms. The van der Waals surface area contributed by atoms with Crippen molar-refractivity contribution in [3.8, 4) is 0 Å². The first-order chi connectivity index (χ1) is 17.7. The highest BCUT2D eigenvalue weighted by atomic mass is 32.2. The van der Waals surface area contributed by atoms with E-state index < -0.39 is 14.9 Å². The third kappa shape index (κ3) is 5.08. The molecular weight excluding hydrogens is 521 g/mol. The molecule has 1 unspecified atom stereocenters. The zero-order valence-electron chi connectivity index (χ0n) is 21.2. The minimum absolute atomic E-state index is 0.258. The Kier molecular flexibility index (Phi) is 7.20. The summed E-state index contributed by atoms with van der Waals surface area (Å²) in [7, 11) is -4.26. The first kappa shape index (κ1) is 26.0. The number of benzene rings is 2. The zero-order chi connectivity index (χ0) is 26.2. The van der Waals surface area contributed by atoms with E-state index in [4.69, 9.17) is 0 Å². The Bertz CT molecular complexity index is 1580. The monoisotopic (exact) mass is 551 g/mol. The van der Waals surface area contributed by atoms with Crippen LogP contribution in [0.4, 0.5) is 5.69 Å². The van der Waals surface area contributed by atoms with Gasteiger partial charge in [-0.25, -0.2) is 0 Å². The topological polar surface area (TPSA) is 61.5 Å². The van der Waals surface area contributed by atoms with Crippen molar-refractivity contribution in [2.45, 2.75) is 49.8 Å². The number of rotatable bonds is 6. The fourth-order valence-corrected chi connectivity index (χ4v) is 7.98. The summed E-state index contributed by atoms with van der Waals surface area (Å²) < 4.78 is 37.2. The Labute approximate surface area is 227 Å². The van der Waals surface area contributed by atoms with Crippen LogP contribution in [0.3, 0.4) is 0 Å². The number of allylic oxidation sites excluding steroid dienone is 6.